The molecule has 0 fully saturated rings. The van der Waals surface area contributed by atoms with E-state index in [1.807, 2.05) is 10.9 Å². The molecular formula is C28H47N5O8. The van der Waals surface area contributed by atoms with Crippen molar-refractivity contribution in [3.8, 4) is 5.75 Å². The van der Waals surface area contributed by atoms with Crippen LogP contribution in [0, 0.1) is 5.92 Å². The molecule has 3 N–H and O–H groups in total. The Morgan fingerprint density at radius 3 is 1.93 bits per heavy atom. The highest BCUT2D eigenvalue weighted by Crippen LogP contribution is 2.13. The van der Waals surface area contributed by atoms with E-state index in [0.29, 0.717) is 84.1 Å². The Hall–Kier alpha value is -3.10. The summed E-state index contributed by atoms with van der Waals surface area (Å²) in [7, 11) is 1.61. The molecule has 0 saturated heterocycles. The van der Waals surface area contributed by atoms with Gasteiger partial charge >= 0.3 is 0 Å². The number of phenols is 1. The number of rotatable bonds is 21. The third-order valence-electron chi connectivity index (χ3n) is 5.20. The molecule has 0 aliphatic carbocycles. The number of aryl methyl sites for hydroxylation is 1. The zero-order valence-corrected chi connectivity index (χ0v) is 24.8. The molecule has 0 aliphatic rings. The minimum Gasteiger partial charge on any atom is -0.508 e. The molecule has 13 heteroatoms. The Kier molecular flexibility index (Phi) is 20.7. The second-order valence-electron chi connectivity index (χ2n) is 9.31. The van der Waals surface area contributed by atoms with Crippen molar-refractivity contribution in [3.05, 3.63) is 36.2 Å². The lowest BCUT2D eigenvalue weighted by atomic mass is 10.1. The first-order chi connectivity index (χ1) is 19.8. The van der Waals surface area contributed by atoms with E-state index in [0.717, 1.165) is 18.7 Å². The van der Waals surface area contributed by atoms with Crippen LogP contribution in [-0.2, 0) is 46.4 Å². The SMILES string of the molecule is CC(=O)Nc1ccc(O)cc1.CNC(=O)CCOCCOCCOCCOCCOCc1cn(CCC(C)C)nn1. The highest BCUT2D eigenvalue weighted by Gasteiger charge is 2.02. The standard InChI is InChI=1S/C20H38N4O6.C8H9NO2/c1-18(2)4-6-24-16-19(22-23-24)17-30-15-14-29-13-12-28-11-10-27-9-8-26-7-5-20(25)21-3;1-6(10)9-7-2-4-8(11)5-3-7/h16,18H,4-15,17H2,1-3H3,(H,21,25);2-5,11H,1H3,(H,9,10). The molecule has 0 spiro atoms. The molecule has 41 heavy (non-hydrogen) atoms. The summed E-state index contributed by atoms with van der Waals surface area (Å²) < 4.78 is 28.9. The molecule has 2 aromatic rings. The maximum absolute atomic E-state index is 11.0. The van der Waals surface area contributed by atoms with E-state index in [4.69, 9.17) is 28.8 Å². The third-order valence-corrected chi connectivity index (χ3v) is 5.20. The van der Waals surface area contributed by atoms with E-state index in [1.165, 1.54) is 19.1 Å². The second kappa shape index (κ2) is 23.6. The van der Waals surface area contributed by atoms with Crippen molar-refractivity contribution in [2.45, 2.75) is 46.8 Å². The van der Waals surface area contributed by atoms with Crippen molar-refractivity contribution in [1.82, 2.24) is 20.3 Å². The number of carbonyl (C=O) groups is 2. The van der Waals surface area contributed by atoms with Crippen LogP contribution in [0.1, 0.15) is 39.3 Å². The topological polar surface area (TPSA) is 155 Å². The first-order valence-corrected chi connectivity index (χ1v) is 13.8. The van der Waals surface area contributed by atoms with Crippen molar-refractivity contribution < 1.29 is 38.4 Å². The molecule has 1 aromatic heterocycles. The van der Waals surface area contributed by atoms with Gasteiger partial charge in [-0.05, 0) is 36.6 Å². The number of ether oxygens (including phenoxy) is 5. The lowest BCUT2D eigenvalue weighted by Gasteiger charge is -2.07. The first-order valence-electron chi connectivity index (χ1n) is 13.8. The van der Waals surface area contributed by atoms with Gasteiger partial charge in [-0.3, -0.25) is 14.3 Å². The van der Waals surface area contributed by atoms with Crippen molar-refractivity contribution in [3.63, 3.8) is 0 Å². The van der Waals surface area contributed by atoms with E-state index in [-0.39, 0.29) is 17.6 Å². The number of hydrogen-bond acceptors (Lipinski definition) is 10. The summed E-state index contributed by atoms with van der Waals surface area (Å²) in [4.78, 5) is 21.5. The Morgan fingerprint density at radius 1 is 0.878 bits per heavy atom. The molecule has 2 rings (SSSR count). The average molecular weight is 582 g/mol. The molecule has 13 nitrogen and oxygen atoms in total. The van der Waals surface area contributed by atoms with Gasteiger partial charge in [-0.25, -0.2) is 0 Å². The van der Waals surface area contributed by atoms with E-state index < -0.39 is 0 Å². The lowest BCUT2D eigenvalue weighted by molar-refractivity contribution is -0.121. The van der Waals surface area contributed by atoms with Crippen molar-refractivity contribution in [2.24, 2.45) is 5.92 Å². The fraction of sp³-hybridized carbons (Fsp3) is 0.643. The molecule has 0 atom stereocenters. The fourth-order valence-corrected chi connectivity index (χ4v) is 3.00. The van der Waals surface area contributed by atoms with Gasteiger partial charge in [0.25, 0.3) is 0 Å². The van der Waals surface area contributed by atoms with Crippen molar-refractivity contribution >= 4 is 17.5 Å². The molecule has 0 saturated carbocycles. The van der Waals surface area contributed by atoms with Gasteiger partial charge < -0.3 is 39.4 Å². The Morgan fingerprint density at radius 2 is 1.41 bits per heavy atom. The zero-order valence-electron chi connectivity index (χ0n) is 24.8. The van der Waals surface area contributed by atoms with Gasteiger partial charge in [0.2, 0.25) is 11.8 Å². The van der Waals surface area contributed by atoms with Crippen LogP contribution >= 0.6 is 0 Å². The minimum absolute atomic E-state index is 0.0281. The largest absolute Gasteiger partial charge is 0.508 e. The number of nitrogens with zero attached hydrogens (tertiary/aromatic N) is 3. The summed E-state index contributed by atoms with van der Waals surface area (Å²) in [5.41, 5.74) is 1.52. The fourth-order valence-electron chi connectivity index (χ4n) is 3.00. The molecular weight excluding hydrogens is 534 g/mol. The number of aromatic hydroxyl groups is 1. The third kappa shape index (κ3) is 21.3. The van der Waals surface area contributed by atoms with Gasteiger partial charge in [-0.15, -0.1) is 5.10 Å². The maximum Gasteiger partial charge on any atom is 0.222 e. The maximum atomic E-state index is 11.0. The normalized spacial score (nSPS) is 10.8. The zero-order chi connectivity index (χ0) is 30.1. The van der Waals surface area contributed by atoms with Crippen LogP contribution in [0.25, 0.3) is 0 Å². The monoisotopic (exact) mass is 581 g/mol. The van der Waals surface area contributed by atoms with Crippen molar-refractivity contribution in [1.29, 1.82) is 0 Å². The molecule has 232 valence electrons. The number of aromatic nitrogens is 3. The van der Waals surface area contributed by atoms with E-state index >= 15 is 0 Å². The number of phenolic OH excluding ortho intramolecular Hbond substituents is 1. The van der Waals surface area contributed by atoms with E-state index in [9.17, 15) is 9.59 Å². The van der Waals surface area contributed by atoms with Gasteiger partial charge in [0.1, 0.15) is 11.4 Å². The predicted molar refractivity (Wildman–Crippen MR) is 154 cm³/mol. The number of carbonyl (C=O) groups excluding carboxylic acids is 2. The number of hydrogen-bond donors (Lipinski definition) is 3. The molecule has 0 radical (unpaired) electrons. The van der Waals surface area contributed by atoms with Crippen LogP contribution in [0.2, 0.25) is 0 Å². The summed E-state index contributed by atoms with van der Waals surface area (Å²) in [6.45, 7) is 11.5. The highest BCUT2D eigenvalue weighted by atomic mass is 16.6. The van der Waals surface area contributed by atoms with Crippen LogP contribution in [0.3, 0.4) is 0 Å². The summed E-state index contributed by atoms with van der Waals surface area (Å²) >= 11 is 0. The van der Waals surface area contributed by atoms with Crippen LogP contribution in [0.4, 0.5) is 5.69 Å². The number of benzene rings is 1. The Balaban J connectivity index is 0.000000634. The summed E-state index contributed by atoms with van der Waals surface area (Å²) in [5, 5.41) is 22.2. The molecule has 1 aromatic carbocycles. The quantitative estimate of drug-likeness (QED) is 0.148. The number of anilines is 1. The van der Waals surface area contributed by atoms with Gasteiger partial charge in [0, 0.05) is 32.6 Å². The number of nitrogens with one attached hydrogen (secondary N) is 2. The van der Waals surface area contributed by atoms with Gasteiger partial charge in [-0.2, -0.15) is 0 Å². The van der Waals surface area contributed by atoms with Crippen LogP contribution in [0.5, 0.6) is 5.75 Å². The molecule has 2 amide bonds. The Bertz CT molecular complexity index is 940. The van der Waals surface area contributed by atoms with Crippen molar-refractivity contribution in [2.75, 3.05) is 71.8 Å². The first kappa shape index (κ1) is 35.9. The van der Waals surface area contributed by atoms with Crippen LogP contribution in [0.15, 0.2) is 30.5 Å². The molecule has 0 bridgehead atoms. The highest BCUT2D eigenvalue weighted by molar-refractivity contribution is 5.88. The van der Waals surface area contributed by atoms with Gasteiger partial charge in [0.05, 0.1) is 72.3 Å². The smallest absolute Gasteiger partial charge is 0.222 e. The predicted octanol–water partition coefficient (Wildman–Crippen LogP) is 2.39. The summed E-state index contributed by atoms with van der Waals surface area (Å²) in [6, 6.07) is 6.31. The lowest BCUT2D eigenvalue weighted by Crippen LogP contribution is -2.20. The summed E-state index contributed by atoms with van der Waals surface area (Å²) in [6.07, 6.45) is 3.38. The average Bonchev–Trinajstić information content (AvgIpc) is 3.40. The van der Waals surface area contributed by atoms with Crippen LogP contribution < -0.4 is 10.6 Å². The molecule has 0 aliphatic heterocycles. The van der Waals surface area contributed by atoms with Gasteiger partial charge in [-0.1, -0.05) is 19.1 Å². The minimum atomic E-state index is -0.115. The Labute approximate surface area is 242 Å². The molecule has 1 heterocycles. The number of amides is 2. The van der Waals surface area contributed by atoms with E-state index in [2.05, 4.69) is 34.8 Å². The van der Waals surface area contributed by atoms with Gasteiger partial charge in [0.15, 0.2) is 0 Å². The van der Waals surface area contributed by atoms with E-state index in [1.54, 1.807) is 19.2 Å². The summed E-state index contributed by atoms with van der Waals surface area (Å²) in [5.74, 6) is 0.698. The second-order valence-corrected chi connectivity index (χ2v) is 9.31. The van der Waals surface area contributed by atoms with Crippen LogP contribution in [-0.4, -0.2) is 98.4 Å². The molecule has 0 unspecified atom stereocenters.